The van der Waals surface area contributed by atoms with Gasteiger partial charge in [0.15, 0.2) is 0 Å². The summed E-state index contributed by atoms with van der Waals surface area (Å²) >= 11 is 0. The lowest BCUT2D eigenvalue weighted by molar-refractivity contribution is 0.235. The lowest BCUT2D eigenvalue weighted by Crippen LogP contribution is -2.20. The first-order valence-corrected chi connectivity index (χ1v) is 10.4. The van der Waals surface area contributed by atoms with Crippen LogP contribution in [0.5, 0.6) is 11.5 Å². The number of methoxy groups -OCH3 is 2. The number of aryl methyl sites for hydroxylation is 1. The van der Waals surface area contributed by atoms with Crippen molar-refractivity contribution >= 4 is 15.5 Å². The fourth-order valence-corrected chi connectivity index (χ4v) is 3.93. The molecule has 30 heavy (non-hydrogen) atoms. The number of para-hydroxylation sites is 1. The van der Waals surface area contributed by atoms with Crippen LogP contribution in [0.25, 0.3) is 0 Å². The third-order valence-electron chi connectivity index (χ3n) is 4.55. The van der Waals surface area contributed by atoms with Crippen molar-refractivity contribution in [1.82, 2.24) is 9.55 Å². The summed E-state index contributed by atoms with van der Waals surface area (Å²) in [6.45, 7) is 0. The van der Waals surface area contributed by atoms with Crippen molar-refractivity contribution in [2.75, 3.05) is 19.5 Å². The Kier molecular flexibility index (Phi) is 6.25. The highest BCUT2D eigenvalue weighted by Crippen LogP contribution is 2.34. The Morgan fingerprint density at radius 2 is 1.70 bits per heavy atom. The van der Waals surface area contributed by atoms with Crippen LogP contribution in [0.3, 0.4) is 0 Å². The molecule has 1 N–H and O–H groups in total. The molecule has 160 valence electrons. The van der Waals surface area contributed by atoms with E-state index in [2.05, 4.69) is 10.3 Å². The van der Waals surface area contributed by atoms with Crippen molar-refractivity contribution in [3.63, 3.8) is 0 Å². The van der Waals surface area contributed by atoms with E-state index in [9.17, 15) is 17.2 Å². The van der Waals surface area contributed by atoms with Crippen LogP contribution in [0.15, 0.2) is 59.8 Å². The van der Waals surface area contributed by atoms with E-state index in [-0.39, 0.29) is 5.69 Å². The van der Waals surface area contributed by atoms with Gasteiger partial charge in [-0.25, -0.2) is 13.4 Å². The molecule has 0 aliphatic rings. The molecular weight excluding hydrogens is 416 g/mol. The third kappa shape index (κ3) is 4.23. The molecule has 0 saturated heterocycles. The second-order valence-electron chi connectivity index (χ2n) is 6.42. The quantitative estimate of drug-likeness (QED) is 0.580. The van der Waals surface area contributed by atoms with Gasteiger partial charge in [-0.1, -0.05) is 12.1 Å². The normalized spacial score (nSPS) is 12.6. The van der Waals surface area contributed by atoms with Crippen LogP contribution in [0.1, 0.15) is 17.4 Å². The number of nitrogens with one attached hydrogen (secondary N) is 1. The van der Waals surface area contributed by atoms with Crippen molar-refractivity contribution in [2.24, 2.45) is 7.05 Å². The lowest BCUT2D eigenvalue weighted by Gasteiger charge is -2.23. The van der Waals surface area contributed by atoms with Gasteiger partial charge >= 0.3 is 5.76 Å². The SMILES string of the molecule is COc1cc(OC)cc(C(Nc2ccccc2S(=O)(=O)C(F)F)c2nccn2C)c1. The molecule has 0 fully saturated rings. The molecule has 0 radical (unpaired) electrons. The number of benzene rings is 2. The first-order valence-electron chi connectivity index (χ1n) is 8.85. The molecule has 1 heterocycles. The standard InChI is InChI=1S/C20H21F2N3O4S/c1-25-9-8-23-19(25)18(13-10-14(28-2)12-15(11-13)29-3)24-16-6-4-5-7-17(16)30(26,27)20(21)22/h4-12,18,20,24H,1-3H3. The van der Waals surface area contributed by atoms with Gasteiger partial charge in [0.05, 0.1) is 24.8 Å². The molecule has 1 atom stereocenters. The minimum absolute atomic E-state index is 0.0348. The first-order chi connectivity index (χ1) is 14.3. The van der Waals surface area contributed by atoms with E-state index in [4.69, 9.17) is 9.47 Å². The zero-order valence-electron chi connectivity index (χ0n) is 16.5. The van der Waals surface area contributed by atoms with E-state index in [1.54, 1.807) is 48.3 Å². The topological polar surface area (TPSA) is 82.4 Å². The largest absolute Gasteiger partial charge is 0.497 e. The van der Waals surface area contributed by atoms with Crippen molar-refractivity contribution in [2.45, 2.75) is 16.7 Å². The highest BCUT2D eigenvalue weighted by atomic mass is 32.2. The lowest BCUT2D eigenvalue weighted by atomic mass is 10.0. The van der Waals surface area contributed by atoms with Crippen molar-refractivity contribution in [1.29, 1.82) is 0 Å². The number of hydrogen-bond donors (Lipinski definition) is 1. The number of nitrogens with zero attached hydrogens (tertiary/aromatic N) is 2. The highest BCUT2D eigenvalue weighted by Gasteiger charge is 2.30. The number of ether oxygens (including phenoxy) is 2. The number of imidazole rings is 1. The Morgan fingerprint density at radius 1 is 1.07 bits per heavy atom. The number of sulfone groups is 1. The maximum Gasteiger partial charge on any atom is 0.341 e. The number of rotatable bonds is 8. The highest BCUT2D eigenvalue weighted by molar-refractivity contribution is 7.91. The summed E-state index contributed by atoms with van der Waals surface area (Å²) < 4.78 is 63.2. The molecule has 2 aromatic carbocycles. The van der Waals surface area contributed by atoms with Crippen LogP contribution in [-0.2, 0) is 16.9 Å². The fourth-order valence-electron chi connectivity index (χ4n) is 3.03. The van der Waals surface area contributed by atoms with Gasteiger partial charge in [-0.05, 0) is 29.8 Å². The summed E-state index contributed by atoms with van der Waals surface area (Å²) in [6.07, 6.45) is 3.31. The maximum absolute atomic E-state index is 13.2. The molecule has 1 unspecified atom stereocenters. The molecule has 0 aliphatic heterocycles. The Hall–Kier alpha value is -3.14. The molecule has 3 aromatic rings. The smallest absolute Gasteiger partial charge is 0.341 e. The van der Waals surface area contributed by atoms with E-state index in [0.717, 1.165) is 6.07 Å². The number of hydrogen-bond acceptors (Lipinski definition) is 6. The van der Waals surface area contributed by atoms with Crippen LogP contribution < -0.4 is 14.8 Å². The summed E-state index contributed by atoms with van der Waals surface area (Å²) in [6, 6.07) is 10.0. The Morgan fingerprint density at radius 3 is 2.23 bits per heavy atom. The van der Waals surface area contributed by atoms with E-state index in [0.29, 0.717) is 22.9 Å². The molecule has 1 aromatic heterocycles. The van der Waals surface area contributed by atoms with Crippen LogP contribution in [0.2, 0.25) is 0 Å². The Bertz CT molecular complexity index is 1110. The van der Waals surface area contributed by atoms with Crippen LogP contribution >= 0.6 is 0 Å². The minimum Gasteiger partial charge on any atom is -0.497 e. The van der Waals surface area contributed by atoms with Crippen LogP contribution in [-0.4, -0.2) is 37.9 Å². The van der Waals surface area contributed by atoms with Gasteiger partial charge in [-0.15, -0.1) is 0 Å². The number of alkyl halides is 2. The number of anilines is 1. The van der Waals surface area contributed by atoms with Crippen molar-refractivity contribution < 1.29 is 26.7 Å². The zero-order chi connectivity index (χ0) is 21.9. The van der Waals surface area contributed by atoms with Gasteiger partial charge in [-0.3, -0.25) is 0 Å². The summed E-state index contributed by atoms with van der Waals surface area (Å²) in [7, 11) is -0.0259. The average molecular weight is 437 g/mol. The second kappa shape index (κ2) is 8.70. The molecule has 0 amide bonds. The molecule has 3 rings (SSSR count). The van der Waals surface area contributed by atoms with E-state index in [1.165, 1.54) is 26.4 Å². The van der Waals surface area contributed by atoms with Gasteiger partial charge in [-0.2, -0.15) is 8.78 Å². The Labute approximate surface area is 173 Å². The van der Waals surface area contributed by atoms with Gasteiger partial charge in [0.2, 0.25) is 9.84 Å². The first kappa shape index (κ1) is 21.6. The fraction of sp³-hybridized carbons (Fsp3) is 0.250. The molecule has 0 bridgehead atoms. The summed E-state index contributed by atoms with van der Waals surface area (Å²) in [5.74, 6) is -1.98. The molecule has 7 nitrogen and oxygen atoms in total. The monoisotopic (exact) mass is 437 g/mol. The molecule has 0 saturated carbocycles. The van der Waals surface area contributed by atoms with Crippen molar-refractivity contribution in [3.05, 3.63) is 66.2 Å². The van der Waals surface area contributed by atoms with Crippen LogP contribution in [0, 0.1) is 0 Å². The van der Waals surface area contributed by atoms with E-state index >= 15 is 0 Å². The van der Waals surface area contributed by atoms with Gasteiger partial charge in [0.25, 0.3) is 0 Å². The molecule has 0 spiro atoms. The Balaban J connectivity index is 2.16. The van der Waals surface area contributed by atoms with E-state index < -0.39 is 26.5 Å². The minimum atomic E-state index is -4.81. The maximum atomic E-state index is 13.2. The average Bonchev–Trinajstić information content (AvgIpc) is 3.17. The number of aromatic nitrogens is 2. The summed E-state index contributed by atoms with van der Waals surface area (Å²) in [5, 5.41) is 3.06. The molecule has 10 heteroatoms. The second-order valence-corrected chi connectivity index (χ2v) is 8.31. The van der Waals surface area contributed by atoms with Gasteiger partial charge in [0.1, 0.15) is 23.4 Å². The zero-order valence-corrected chi connectivity index (χ0v) is 17.4. The summed E-state index contributed by atoms with van der Waals surface area (Å²) in [4.78, 5) is 3.86. The molecular formula is C20H21F2N3O4S. The third-order valence-corrected chi connectivity index (χ3v) is 5.99. The summed E-state index contributed by atoms with van der Waals surface area (Å²) in [5.41, 5.74) is 0.678. The predicted molar refractivity (Wildman–Crippen MR) is 108 cm³/mol. The van der Waals surface area contributed by atoms with Gasteiger partial charge in [0, 0.05) is 25.5 Å². The predicted octanol–water partition coefficient (Wildman–Crippen LogP) is 3.64. The van der Waals surface area contributed by atoms with Crippen LogP contribution in [0.4, 0.5) is 14.5 Å². The van der Waals surface area contributed by atoms with E-state index in [1.807, 2.05) is 0 Å². The number of halogens is 2. The van der Waals surface area contributed by atoms with Crippen molar-refractivity contribution in [3.8, 4) is 11.5 Å². The molecule has 0 aliphatic carbocycles. The van der Waals surface area contributed by atoms with Gasteiger partial charge < -0.3 is 19.4 Å².